The average molecular weight is 479 g/mol. The Morgan fingerprint density at radius 3 is 2.75 bits per heavy atom. The van der Waals surface area contributed by atoms with E-state index in [1.807, 2.05) is 67.8 Å². The maximum Gasteiger partial charge on any atom is 0.276 e. The number of anilines is 1. The van der Waals surface area contributed by atoms with E-state index in [1.165, 1.54) is 34.4 Å². The molecule has 1 N–H and O–H groups in total. The molecule has 3 heterocycles. The lowest BCUT2D eigenvalue weighted by Crippen LogP contribution is -2.22. The van der Waals surface area contributed by atoms with Crippen molar-refractivity contribution in [2.24, 2.45) is 0 Å². The topological polar surface area (TPSA) is 76.9 Å². The molecule has 9 heteroatoms. The number of fused-ring (bicyclic) bond motifs is 2. The summed E-state index contributed by atoms with van der Waals surface area (Å²) in [7, 11) is 0. The van der Waals surface area contributed by atoms with Gasteiger partial charge in [0.2, 0.25) is 5.91 Å². The van der Waals surface area contributed by atoms with Crippen LogP contribution in [0.2, 0.25) is 0 Å². The second kappa shape index (κ2) is 8.50. The molecule has 0 fully saturated rings. The zero-order chi connectivity index (χ0) is 22.2. The second-order valence-electron chi connectivity index (χ2n) is 7.28. The number of nitrogens with one attached hydrogen (secondary N) is 1. The summed E-state index contributed by atoms with van der Waals surface area (Å²) in [5, 5.41) is 5.77. The van der Waals surface area contributed by atoms with E-state index in [0.717, 1.165) is 27.0 Å². The van der Waals surface area contributed by atoms with Gasteiger partial charge >= 0.3 is 0 Å². The number of aromatic nitrogens is 3. The molecule has 0 bridgehead atoms. The number of thiazole rings is 1. The third kappa shape index (κ3) is 3.94. The molecular formula is C23H18N4O2S3. The summed E-state index contributed by atoms with van der Waals surface area (Å²) in [5.74, 6) is -0.0796. The average Bonchev–Trinajstić information content (AvgIpc) is 3.39. The summed E-state index contributed by atoms with van der Waals surface area (Å²) in [6, 6.07) is 15.5. The van der Waals surface area contributed by atoms with Crippen LogP contribution in [0.1, 0.15) is 11.1 Å². The van der Waals surface area contributed by atoms with Gasteiger partial charge in [-0.05, 0) is 49.1 Å². The lowest BCUT2D eigenvalue weighted by Gasteiger charge is -2.14. The summed E-state index contributed by atoms with van der Waals surface area (Å²) >= 11 is 4.05. The Kier molecular flexibility index (Phi) is 5.54. The van der Waals surface area contributed by atoms with Gasteiger partial charge < -0.3 is 5.32 Å². The zero-order valence-electron chi connectivity index (χ0n) is 17.3. The van der Waals surface area contributed by atoms with Crippen molar-refractivity contribution in [1.29, 1.82) is 0 Å². The third-order valence-electron chi connectivity index (χ3n) is 4.91. The Hall–Kier alpha value is -3.01. The van der Waals surface area contributed by atoms with Gasteiger partial charge in [0.1, 0.15) is 4.70 Å². The molecule has 0 spiro atoms. The van der Waals surface area contributed by atoms with E-state index in [2.05, 4.69) is 10.3 Å². The molecule has 3 aromatic heterocycles. The van der Waals surface area contributed by atoms with E-state index in [1.54, 1.807) is 4.57 Å². The summed E-state index contributed by atoms with van der Waals surface area (Å²) in [6.07, 6.45) is 0. The Morgan fingerprint density at radius 2 is 1.94 bits per heavy atom. The minimum absolute atomic E-state index is 0.114. The van der Waals surface area contributed by atoms with Gasteiger partial charge in [-0.3, -0.25) is 14.2 Å². The number of hydrogen-bond acceptors (Lipinski definition) is 7. The maximum atomic E-state index is 13.3. The van der Waals surface area contributed by atoms with Crippen molar-refractivity contribution >= 4 is 65.9 Å². The molecule has 32 heavy (non-hydrogen) atoms. The number of carbonyl (C=O) groups is 1. The molecular weight excluding hydrogens is 460 g/mol. The number of thiophene rings is 1. The molecule has 0 unspecified atom stereocenters. The van der Waals surface area contributed by atoms with Gasteiger partial charge in [0, 0.05) is 0 Å². The van der Waals surface area contributed by atoms with E-state index < -0.39 is 0 Å². The molecule has 0 aliphatic heterocycles. The molecule has 6 nitrogen and oxygen atoms in total. The van der Waals surface area contributed by atoms with Crippen LogP contribution >= 0.6 is 34.4 Å². The van der Waals surface area contributed by atoms with Crippen LogP contribution in [0.25, 0.3) is 26.1 Å². The fraction of sp³-hybridized carbons (Fsp3) is 0.130. The molecule has 0 saturated heterocycles. The van der Waals surface area contributed by atoms with Gasteiger partial charge in [0.15, 0.2) is 10.3 Å². The number of carbonyl (C=O) groups excluding carboxylic acids is 1. The first-order valence-corrected chi connectivity index (χ1v) is 12.5. The van der Waals surface area contributed by atoms with Gasteiger partial charge in [-0.15, -0.1) is 11.3 Å². The smallest absolute Gasteiger partial charge is 0.276 e. The van der Waals surface area contributed by atoms with Crippen LogP contribution in [-0.4, -0.2) is 26.2 Å². The Bertz CT molecular complexity index is 1500. The van der Waals surface area contributed by atoms with E-state index in [-0.39, 0.29) is 17.2 Å². The quantitative estimate of drug-likeness (QED) is 0.270. The molecule has 160 valence electrons. The molecule has 5 aromatic rings. The first-order chi connectivity index (χ1) is 15.5. The number of nitrogens with zero attached hydrogens (tertiary/aromatic N) is 3. The van der Waals surface area contributed by atoms with E-state index >= 15 is 0 Å². The van der Waals surface area contributed by atoms with Gasteiger partial charge in [-0.1, -0.05) is 52.9 Å². The van der Waals surface area contributed by atoms with Crippen LogP contribution in [0.4, 0.5) is 5.13 Å². The van der Waals surface area contributed by atoms with Crippen molar-refractivity contribution in [3.05, 3.63) is 75.4 Å². The Balaban J connectivity index is 1.45. The first kappa shape index (κ1) is 20.9. The first-order valence-electron chi connectivity index (χ1n) is 9.86. The molecule has 0 aliphatic carbocycles. The van der Waals surface area contributed by atoms with Crippen molar-refractivity contribution in [2.75, 3.05) is 11.1 Å². The van der Waals surface area contributed by atoms with Crippen molar-refractivity contribution in [2.45, 2.75) is 19.0 Å². The highest BCUT2D eigenvalue weighted by molar-refractivity contribution is 7.99. The molecule has 0 atom stereocenters. The number of hydrogen-bond donors (Lipinski definition) is 1. The van der Waals surface area contributed by atoms with Crippen LogP contribution in [0, 0.1) is 13.8 Å². The van der Waals surface area contributed by atoms with Crippen LogP contribution in [0.3, 0.4) is 0 Å². The predicted molar refractivity (Wildman–Crippen MR) is 134 cm³/mol. The highest BCUT2D eigenvalue weighted by Gasteiger charge is 2.17. The predicted octanol–water partition coefficient (Wildman–Crippen LogP) is 5.40. The summed E-state index contributed by atoms with van der Waals surface area (Å²) in [6.45, 7) is 3.99. The van der Waals surface area contributed by atoms with E-state index in [9.17, 15) is 9.59 Å². The number of thioether (sulfide) groups is 1. The number of rotatable bonds is 5. The second-order valence-corrected chi connectivity index (χ2v) is 10.2. The lowest BCUT2D eigenvalue weighted by atomic mass is 10.1. The molecule has 1 amide bonds. The highest BCUT2D eigenvalue weighted by Crippen LogP contribution is 2.27. The zero-order valence-corrected chi connectivity index (χ0v) is 19.7. The number of aryl methyl sites for hydroxylation is 2. The van der Waals surface area contributed by atoms with Crippen LogP contribution in [-0.2, 0) is 4.79 Å². The SMILES string of the molecule is Cc1ccc(-n2c(SCC(=O)Nc3nc4ccccc4s3)nc3ccsc3c2=O)c(C)c1. The van der Waals surface area contributed by atoms with Gasteiger partial charge in [0.25, 0.3) is 5.56 Å². The van der Waals surface area contributed by atoms with Crippen molar-refractivity contribution in [1.82, 2.24) is 14.5 Å². The Labute approximate surface area is 196 Å². The standard InChI is InChI=1S/C23H18N4O2S3/c1-13-7-8-17(14(2)11-13)27-21(29)20-16(9-10-30-20)25-23(27)31-12-19(28)26-22-24-15-5-3-4-6-18(15)32-22/h3-11H,12H2,1-2H3,(H,24,26,28). The summed E-state index contributed by atoms with van der Waals surface area (Å²) in [5.41, 5.74) is 4.26. The fourth-order valence-corrected chi connectivity index (χ4v) is 5.92. The minimum atomic E-state index is -0.194. The van der Waals surface area contributed by atoms with Gasteiger partial charge in [-0.2, -0.15) is 0 Å². The number of para-hydroxylation sites is 1. The highest BCUT2D eigenvalue weighted by atomic mass is 32.2. The lowest BCUT2D eigenvalue weighted by molar-refractivity contribution is -0.113. The Morgan fingerprint density at radius 1 is 1.09 bits per heavy atom. The third-order valence-corrected chi connectivity index (χ3v) is 7.70. The van der Waals surface area contributed by atoms with Crippen LogP contribution in [0.5, 0.6) is 0 Å². The summed E-state index contributed by atoms with van der Waals surface area (Å²) < 4.78 is 3.24. The van der Waals surface area contributed by atoms with Crippen molar-refractivity contribution in [3.8, 4) is 5.69 Å². The molecule has 5 rings (SSSR count). The molecule has 0 saturated carbocycles. The molecule has 0 radical (unpaired) electrons. The normalized spacial score (nSPS) is 11.3. The largest absolute Gasteiger partial charge is 0.301 e. The van der Waals surface area contributed by atoms with Gasteiger partial charge in [-0.25, -0.2) is 9.97 Å². The van der Waals surface area contributed by atoms with Crippen molar-refractivity contribution in [3.63, 3.8) is 0 Å². The van der Waals surface area contributed by atoms with E-state index in [0.29, 0.717) is 20.5 Å². The monoisotopic (exact) mass is 478 g/mol. The maximum absolute atomic E-state index is 13.3. The molecule has 2 aromatic carbocycles. The number of benzene rings is 2. The van der Waals surface area contributed by atoms with Gasteiger partial charge in [0.05, 0.1) is 27.2 Å². The van der Waals surface area contributed by atoms with Crippen LogP contribution in [0.15, 0.2) is 63.9 Å². The van der Waals surface area contributed by atoms with Crippen molar-refractivity contribution < 1.29 is 4.79 Å². The minimum Gasteiger partial charge on any atom is -0.301 e. The fourth-order valence-electron chi connectivity index (χ4n) is 3.47. The number of amides is 1. The molecule has 0 aliphatic rings. The summed E-state index contributed by atoms with van der Waals surface area (Å²) in [4.78, 5) is 35.1. The van der Waals surface area contributed by atoms with Crippen LogP contribution < -0.4 is 10.9 Å². The van der Waals surface area contributed by atoms with E-state index in [4.69, 9.17) is 4.98 Å².